The molecule has 0 radical (unpaired) electrons. The van der Waals surface area contributed by atoms with E-state index in [1.807, 2.05) is 18.2 Å². The molecule has 1 N–H and O–H groups in total. The maximum absolute atomic E-state index is 10.8. The van der Waals surface area contributed by atoms with Gasteiger partial charge in [-0.3, -0.25) is 4.90 Å². The predicted octanol–water partition coefficient (Wildman–Crippen LogP) is 2.71. The molecule has 2 saturated carbocycles. The van der Waals surface area contributed by atoms with E-state index in [1.54, 1.807) is 7.11 Å². The molecule has 4 atom stereocenters. The van der Waals surface area contributed by atoms with Gasteiger partial charge in [-0.25, -0.2) is 4.79 Å². The van der Waals surface area contributed by atoms with Gasteiger partial charge in [0.25, 0.3) is 0 Å². The minimum atomic E-state index is -0.993. The quantitative estimate of drug-likeness (QED) is 0.753. The number of rotatable bonds is 8. The fourth-order valence-electron chi connectivity index (χ4n) is 4.82. The first-order valence-electron chi connectivity index (χ1n) is 9.75. The SMILES string of the molecule is COc1ccc(CN(C)C2C[C@H]3CC(N(C)C)C[C@H]3C2)cc1OCC(=O)O. The third-order valence-corrected chi connectivity index (χ3v) is 6.33. The Morgan fingerprint density at radius 3 is 2.26 bits per heavy atom. The number of hydrogen-bond donors (Lipinski definition) is 1. The van der Waals surface area contributed by atoms with Crippen LogP contribution in [0.5, 0.6) is 11.5 Å². The summed E-state index contributed by atoms with van der Waals surface area (Å²) < 4.78 is 10.7. The first-order valence-corrected chi connectivity index (χ1v) is 9.75. The number of nitrogens with zero attached hydrogens (tertiary/aromatic N) is 2. The Labute approximate surface area is 162 Å². The molecule has 6 heteroatoms. The van der Waals surface area contributed by atoms with Gasteiger partial charge in [-0.05, 0) is 76.4 Å². The van der Waals surface area contributed by atoms with Crippen LogP contribution in [0.15, 0.2) is 18.2 Å². The maximum atomic E-state index is 10.8. The molecule has 6 nitrogen and oxygen atoms in total. The van der Waals surface area contributed by atoms with Gasteiger partial charge in [-0.2, -0.15) is 0 Å². The molecule has 27 heavy (non-hydrogen) atoms. The highest BCUT2D eigenvalue weighted by atomic mass is 16.5. The van der Waals surface area contributed by atoms with Crippen molar-refractivity contribution in [2.75, 3.05) is 34.9 Å². The molecule has 0 aromatic heterocycles. The van der Waals surface area contributed by atoms with Crippen molar-refractivity contribution in [3.63, 3.8) is 0 Å². The van der Waals surface area contributed by atoms with E-state index in [2.05, 4.69) is 30.9 Å². The largest absolute Gasteiger partial charge is 0.493 e. The average Bonchev–Trinajstić information content (AvgIpc) is 3.19. The summed E-state index contributed by atoms with van der Waals surface area (Å²) in [6.45, 7) is 0.462. The Morgan fingerprint density at radius 1 is 1.07 bits per heavy atom. The number of fused-ring (bicyclic) bond motifs is 1. The normalized spacial score (nSPS) is 27.2. The van der Waals surface area contributed by atoms with Crippen LogP contribution >= 0.6 is 0 Å². The summed E-state index contributed by atoms with van der Waals surface area (Å²) in [6.07, 6.45) is 5.23. The molecule has 0 amide bonds. The second-order valence-electron chi connectivity index (χ2n) is 8.32. The summed E-state index contributed by atoms with van der Waals surface area (Å²) in [4.78, 5) is 15.6. The Kier molecular flexibility index (Phi) is 6.27. The highest BCUT2D eigenvalue weighted by Crippen LogP contribution is 2.46. The van der Waals surface area contributed by atoms with Gasteiger partial charge in [0.05, 0.1) is 7.11 Å². The average molecular weight is 376 g/mol. The van der Waals surface area contributed by atoms with Crippen LogP contribution in [-0.2, 0) is 11.3 Å². The van der Waals surface area contributed by atoms with Crippen LogP contribution in [0, 0.1) is 11.8 Å². The summed E-state index contributed by atoms with van der Waals surface area (Å²) in [7, 11) is 8.15. The summed E-state index contributed by atoms with van der Waals surface area (Å²) in [6, 6.07) is 7.15. The van der Waals surface area contributed by atoms with Crippen molar-refractivity contribution >= 4 is 5.97 Å². The van der Waals surface area contributed by atoms with E-state index in [0.717, 1.165) is 30.0 Å². The van der Waals surface area contributed by atoms with E-state index in [4.69, 9.17) is 14.6 Å². The van der Waals surface area contributed by atoms with Crippen molar-refractivity contribution < 1.29 is 19.4 Å². The van der Waals surface area contributed by atoms with Crippen molar-refractivity contribution in [1.29, 1.82) is 0 Å². The third-order valence-electron chi connectivity index (χ3n) is 6.33. The number of ether oxygens (including phenoxy) is 2. The number of carboxylic acids is 1. The zero-order valence-corrected chi connectivity index (χ0v) is 16.9. The number of hydrogen-bond acceptors (Lipinski definition) is 5. The van der Waals surface area contributed by atoms with Crippen molar-refractivity contribution in [3.05, 3.63) is 23.8 Å². The summed E-state index contributed by atoms with van der Waals surface area (Å²) in [5, 5.41) is 8.85. The van der Waals surface area contributed by atoms with Crippen LogP contribution in [0.2, 0.25) is 0 Å². The van der Waals surface area contributed by atoms with E-state index < -0.39 is 5.97 Å². The molecule has 0 bridgehead atoms. The molecule has 150 valence electrons. The summed E-state index contributed by atoms with van der Waals surface area (Å²) in [5.74, 6) is 1.77. The van der Waals surface area contributed by atoms with Crippen molar-refractivity contribution in [3.8, 4) is 11.5 Å². The lowest BCUT2D eigenvalue weighted by atomic mass is 10.0. The second kappa shape index (κ2) is 8.48. The third kappa shape index (κ3) is 4.74. The van der Waals surface area contributed by atoms with Crippen molar-refractivity contribution in [2.45, 2.75) is 44.3 Å². The first kappa shape index (κ1) is 20.0. The van der Waals surface area contributed by atoms with Gasteiger partial charge in [0.2, 0.25) is 0 Å². The van der Waals surface area contributed by atoms with Gasteiger partial charge >= 0.3 is 5.97 Å². The molecular weight excluding hydrogens is 344 g/mol. The number of benzene rings is 1. The molecule has 0 spiro atoms. The van der Waals surface area contributed by atoms with Gasteiger partial charge < -0.3 is 19.5 Å². The monoisotopic (exact) mass is 376 g/mol. The topological polar surface area (TPSA) is 62.2 Å². The van der Waals surface area contributed by atoms with Crippen LogP contribution in [0.4, 0.5) is 0 Å². The zero-order valence-electron chi connectivity index (χ0n) is 16.9. The van der Waals surface area contributed by atoms with Crippen molar-refractivity contribution in [1.82, 2.24) is 9.80 Å². The van der Waals surface area contributed by atoms with Crippen LogP contribution in [0.25, 0.3) is 0 Å². The van der Waals surface area contributed by atoms with E-state index in [9.17, 15) is 4.79 Å². The molecule has 0 heterocycles. The number of carbonyl (C=O) groups is 1. The molecule has 3 rings (SSSR count). The van der Waals surface area contributed by atoms with Crippen LogP contribution < -0.4 is 9.47 Å². The Bertz CT molecular complexity index is 650. The molecule has 2 fully saturated rings. The van der Waals surface area contributed by atoms with Gasteiger partial charge in [0.15, 0.2) is 18.1 Å². The Balaban J connectivity index is 1.59. The molecular formula is C21H32N2O4. The first-order chi connectivity index (χ1) is 12.9. The zero-order chi connectivity index (χ0) is 19.6. The number of aliphatic carboxylic acids is 1. The standard InChI is InChI=1S/C21H32N2O4/c1-22(2)17-8-15-10-18(11-16(15)9-17)23(3)12-14-5-6-19(26-4)20(7-14)27-13-21(24)25/h5-7,15-18H,8-13H2,1-4H3,(H,24,25)/t15-,16+,17?,18?. The lowest BCUT2D eigenvalue weighted by Gasteiger charge is -2.27. The molecule has 0 saturated heterocycles. The van der Waals surface area contributed by atoms with Crippen LogP contribution in [-0.4, -0.2) is 67.8 Å². The van der Waals surface area contributed by atoms with Gasteiger partial charge in [-0.15, -0.1) is 0 Å². The molecule has 2 aliphatic rings. The van der Waals surface area contributed by atoms with Gasteiger partial charge in [0, 0.05) is 18.6 Å². The molecule has 2 aliphatic carbocycles. The molecule has 0 aliphatic heterocycles. The van der Waals surface area contributed by atoms with E-state index in [-0.39, 0.29) is 6.61 Å². The minimum absolute atomic E-state index is 0.366. The molecule has 2 unspecified atom stereocenters. The molecule has 1 aromatic carbocycles. The Hall–Kier alpha value is -1.79. The van der Waals surface area contributed by atoms with Gasteiger partial charge in [0.1, 0.15) is 0 Å². The Morgan fingerprint density at radius 2 is 1.70 bits per heavy atom. The highest BCUT2D eigenvalue weighted by molar-refractivity contribution is 5.68. The van der Waals surface area contributed by atoms with Crippen LogP contribution in [0.1, 0.15) is 31.2 Å². The maximum Gasteiger partial charge on any atom is 0.341 e. The smallest absolute Gasteiger partial charge is 0.341 e. The number of carboxylic acid groups (broad SMARTS) is 1. The van der Waals surface area contributed by atoms with Crippen molar-refractivity contribution in [2.24, 2.45) is 11.8 Å². The molecule has 1 aromatic rings. The predicted molar refractivity (Wildman–Crippen MR) is 104 cm³/mol. The summed E-state index contributed by atoms with van der Waals surface area (Å²) in [5.41, 5.74) is 1.11. The van der Waals surface area contributed by atoms with E-state index >= 15 is 0 Å². The van der Waals surface area contributed by atoms with Crippen LogP contribution in [0.3, 0.4) is 0 Å². The fourth-order valence-corrected chi connectivity index (χ4v) is 4.82. The number of methoxy groups -OCH3 is 1. The minimum Gasteiger partial charge on any atom is -0.493 e. The van der Waals surface area contributed by atoms with Gasteiger partial charge in [-0.1, -0.05) is 6.07 Å². The van der Waals surface area contributed by atoms with E-state index in [0.29, 0.717) is 17.5 Å². The lowest BCUT2D eigenvalue weighted by Crippen LogP contribution is -2.31. The second-order valence-corrected chi connectivity index (χ2v) is 8.32. The fraction of sp³-hybridized carbons (Fsp3) is 0.667. The highest BCUT2D eigenvalue weighted by Gasteiger charge is 2.43. The van der Waals surface area contributed by atoms with E-state index in [1.165, 1.54) is 25.7 Å². The summed E-state index contributed by atoms with van der Waals surface area (Å²) >= 11 is 0. The lowest BCUT2D eigenvalue weighted by molar-refractivity contribution is -0.139.